The van der Waals surface area contributed by atoms with E-state index in [-0.39, 0.29) is 11.6 Å². The summed E-state index contributed by atoms with van der Waals surface area (Å²) in [6.45, 7) is 0.405. The van der Waals surface area contributed by atoms with E-state index < -0.39 is 0 Å². The number of nitrogens with one attached hydrogen (secondary N) is 1. The lowest BCUT2D eigenvalue weighted by molar-refractivity contribution is 0.360. The molecule has 0 amide bonds. The molecular weight excluding hydrogens is 190 g/mol. The van der Waals surface area contributed by atoms with Gasteiger partial charge in [0.15, 0.2) is 0 Å². The Labute approximate surface area is 87.6 Å². The van der Waals surface area contributed by atoms with Gasteiger partial charge in [-0.25, -0.2) is 0 Å². The molecule has 1 aromatic carbocycles. The third kappa shape index (κ3) is 1.88. The molecule has 0 spiro atoms. The van der Waals surface area contributed by atoms with Crippen LogP contribution in [0.5, 0.6) is 0 Å². The molecule has 0 radical (unpaired) electrons. The molecule has 1 aliphatic rings. The van der Waals surface area contributed by atoms with Crippen LogP contribution in [0.4, 0.5) is 0 Å². The summed E-state index contributed by atoms with van der Waals surface area (Å²) in [5, 5.41) is 11.0. The van der Waals surface area contributed by atoms with Crippen LogP contribution in [0.2, 0.25) is 0 Å². The largest absolute Gasteiger partial charge is 0.470 e. The van der Waals surface area contributed by atoms with Crippen molar-refractivity contribution < 1.29 is 4.74 Å². The topological polar surface area (TPSA) is 71.5 Å². The third-order valence-electron chi connectivity index (χ3n) is 2.18. The molecule has 4 heteroatoms. The first kappa shape index (κ1) is 9.45. The van der Waals surface area contributed by atoms with E-state index >= 15 is 0 Å². The SMILES string of the molecule is N=C1C=C(c2ccccc2)COC1=NN. The lowest BCUT2D eigenvalue weighted by Gasteiger charge is -2.16. The molecule has 0 fully saturated rings. The molecule has 1 aromatic rings. The fourth-order valence-electron chi connectivity index (χ4n) is 1.43. The van der Waals surface area contributed by atoms with E-state index in [9.17, 15) is 0 Å². The van der Waals surface area contributed by atoms with E-state index in [1.807, 2.05) is 30.3 Å². The first-order valence-electron chi connectivity index (χ1n) is 4.57. The number of hydrogen-bond donors (Lipinski definition) is 2. The Balaban J connectivity index is 2.31. The molecule has 76 valence electrons. The Morgan fingerprint density at radius 3 is 2.60 bits per heavy atom. The van der Waals surface area contributed by atoms with E-state index in [1.54, 1.807) is 6.08 Å². The van der Waals surface area contributed by atoms with Crippen LogP contribution in [-0.2, 0) is 4.74 Å². The molecule has 1 aliphatic heterocycles. The van der Waals surface area contributed by atoms with E-state index in [4.69, 9.17) is 16.0 Å². The van der Waals surface area contributed by atoms with E-state index in [2.05, 4.69) is 5.10 Å². The number of rotatable bonds is 1. The summed E-state index contributed by atoms with van der Waals surface area (Å²) >= 11 is 0. The molecular formula is C11H11N3O. The zero-order valence-electron chi connectivity index (χ0n) is 8.10. The molecule has 0 bridgehead atoms. The highest BCUT2D eigenvalue weighted by Crippen LogP contribution is 2.17. The van der Waals surface area contributed by atoms with Gasteiger partial charge in [0.2, 0.25) is 0 Å². The minimum Gasteiger partial charge on any atom is -0.470 e. The predicted molar refractivity (Wildman–Crippen MR) is 59.7 cm³/mol. The average molecular weight is 201 g/mol. The Morgan fingerprint density at radius 2 is 2.00 bits per heavy atom. The van der Waals surface area contributed by atoms with Gasteiger partial charge in [0.25, 0.3) is 5.90 Å². The number of benzene rings is 1. The summed E-state index contributed by atoms with van der Waals surface area (Å²) in [7, 11) is 0. The maximum absolute atomic E-state index is 7.61. The van der Waals surface area contributed by atoms with Gasteiger partial charge in [0.1, 0.15) is 12.3 Å². The summed E-state index contributed by atoms with van der Waals surface area (Å²) in [6.07, 6.45) is 1.73. The van der Waals surface area contributed by atoms with Crippen LogP contribution < -0.4 is 5.84 Å². The highest BCUT2D eigenvalue weighted by atomic mass is 16.5. The van der Waals surface area contributed by atoms with Crippen LogP contribution in [0.15, 0.2) is 41.5 Å². The van der Waals surface area contributed by atoms with Crippen molar-refractivity contribution in [2.75, 3.05) is 6.61 Å². The fraction of sp³-hybridized carbons (Fsp3) is 0.0909. The lowest BCUT2D eigenvalue weighted by atomic mass is 10.0. The molecule has 0 saturated heterocycles. The molecule has 3 N–H and O–H groups in total. The maximum Gasteiger partial charge on any atom is 0.256 e. The quantitative estimate of drug-likeness (QED) is 0.532. The summed E-state index contributed by atoms with van der Waals surface area (Å²) < 4.78 is 5.24. The molecule has 0 aromatic heterocycles. The summed E-state index contributed by atoms with van der Waals surface area (Å²) in [5.41, 5.74) is 2.23. The Hall–Kier alpha value is -2.10. The van der Waals surface area contributed by atoms with Crippen molar-refractivity contribution in [1.82, 2.24) is 0 Å². The van der Waals surface area contributed by atoms with E-state index in [1.165, 1.54) is 0 Å². The highest BCUT2D eigenvalue weighted by molar-refractivity contribution is 6.44. The maximum atomic E-state index is 7.61. The van der Waals surface area contributed by atoms with Crippen molar-refractivity contribution in [2.45, 2.75) is 0 Å². The molecule has 0 saturated carbocycles. The van der Waals surface area contributed by atoms with E-state index in [0.717, 1.165) is 11.1 Å². The number of hydrogen-bond acceptors (Lipinski definition) is 4. The van der Waals surface area contributed by atoms with Gasteiger partial charge in [-0.05, 0) is 17.2 Å². The molecule has 0 atom stereocenters. The number of nitrogens with two attached hydrogens (primary N) is 1. The molecule has 4 nitrogen and oxygen atoms in total. The second kappa shape index (κ2) is 3.96. The summed E-state index contributed by atoms with van der Waals surface area (Å²) in [4.78, 5) is 0. The van der Waals surface area contributed by atoms with Crippen LogP contribution in [-0.4, -0.2) is 18.2 Å². The van der Waals surface area contributed by atoms with Gasteiger partial charge in [-0.2, -0.15) is 0 Å². The standard InChI is InChI=1S/C11H11N3O/c12-10-6-9(7-15-11(10)14-13)8-4-2-1-3-5-8/h1-6,12H,7,13H2. The van der Waals surface area contributed by atoms with Gasteiger partial charge in [0, 0.05) is 0 Å². The van der Waals surface area contributed by atoms with Crippen LogP contribution in [0.1, 0.15) is 5.56 Å². The zero-order valence-corrected chi connectivity index (χ0v) is 8.10. The van der Waals surface area contributed by atoms with Gasteiger partial charge in [-0.1, -0.05) is 30.3 Å². The van der Waals surface area contributed by atoms with Gasteiger partial charge >= 0.3 is 0 Å². The van der Waals surface area contributed by atoms with Crippen molar-refractivity contribution >= 4 is 17.2 Å². The van der Waals surface area contributed by atoms with Crippen LogP contribution in [0.25, 0.3) is 5.57 Å². The second-order valence-electron chi connectivity index (χ2n) is 3.17. The molecule has 1 heterocycles. The van der Waals surface area contributed by atoms with Gasteiger partial charge in [0.05, 0.1) is 0 Å². The average Bonchev–Trinajstić information content (AvgIpc) is 2.30. The second-order valence-corrected chi connectivity index (χ2v) is 3.17. The number of ether oxygens (including phenoxy) is 1. The van der Waals surface area contributed by atoms with Crippen molar-refractivity contribution in [3.8, 4) is 0 Å². The minimum atomic E-state index is 0.190. The molecule has 0 unspecified atom stereocenters. The Morgan fingerprint density at radius 1 is 1.27 bits per heavy atom. The van der Waals surface area contributed by atoms with E-state index in [0.29, 0.717) is 6.61 Å². The summed E-state index contributed by atoms with van der Waals surface area (Å²) in [6, 6.07) is 9.81. The number of hydrazone groups is 1. The minimum absolute atomic E-state index is 0.190. The first-order valence-corrected chi connectivity index (χ1v) is 4.57. The Kier molecular flexibility index (Phi) is 2.49. The number of nitrogens with zero attached hydrogens (tertiary/aromatic N) is 1. The van der Waals surface area contributed by atoms with Gasteiger partial charge < -0.3 is 10.6 Å². The molecule has 15 heavy (non-hydrogen) atoms. The van der Waals surface area contributed by atoms with Crippen LogP contribution in [0, 0.1) is 5.41 Å². The molecule has 0 aliphatic carbocycles. The van der Waals surface area contributed by atoms with Crippen molar-refractivity contribution in [3.63, 3.8) is 0 Å². The van der Waals surface area contributed by atoms with Gasteiger partial charge in [-0.3, -0.25) is 5.41 Å². The smallest absolute Gasteiger partial charge is 0.256 e. The monoisotopic (exact) mass is 201 g/mol. The predicted octanol–water partition coefficient (Wildman–Crippen LogP) is 1.39. The van der Waals surface area contributed by atoms with Gasteiger partial charge in [-0.15, -0.1) is 5.10 Å². The zero-order chi connectivity index (χ0) is 10.7. The van der Waals surface area contributed by atoms with Crippen molar-refractivity contribution in [2.24, 2.45) is 10.9 Å². The molecule has 2 rings (SSSR count). The van der Waals surface area contributed by atoms with Crippen molar-refractivity contribution in [1.29, 1.82) is 5.41 Å². The Bertz CT molecular complexity index is 434. The highest BCUT2D eigenvalue weighted by Gasteiger charge is 2.15. The first-order chi connectivity index (χ1) is 7.31. The van der Waals surface area contributed by atoms with Crippen LogP contribution in [0.3, 0.4) is 0 Å². The fourth-order valence-corrected chi connectivity index (χ4v) is 1.43. The third-order valence-corrected chi connectivity index (χ3v) is 2.18. The van der Waals surface area contributed by atoms with Crippen molar-refractivity contribution in [3.05, 3.63) is 42.0 Å². The van der Waals surface area contributed by atoms with Crippen LogP contribution >= 0.6 is 0 Å². The lowest BCUT2D eigenvalue weighted by Crippen LogP contribution is -2.23. The normalized spacial score (nSPS) is 18.5. The summed E-state index contributed by atoms with van der Waals surface area (Å²) in [5.74, 6) is 5.26.